The van der Waals surface area contributed by atoms with Gasteiger partial charge in [0, 0.05) is 25.8 Å². The van der Waals surface area contributed by atoms with E-state index in [1.807, 2.05) is 69.4 Å². The van der Waals surface area contributed by atoms with E-state index in [0.717, 1.165) is 30.0 Å². The molecular weight excluding hydrogens is 428 g/mol. The molecule has 34 heavy (non-hydrogen) atoms. The lowest BCUT2D eigenvalue weighted by Gasteiger charge is -2.20. The molecule has 2 aromatic carbocycles. The zero-order valence-electron chi connectivity index (χ0n) is 20.0. The van der Waals surface area contributed by atoms with E-state index in [2.05, 4.69) is 32.5 Å². The van der Waals surface area contributed by atoms with Crippen molar-refractivity contribution in [2.24, 2.45) is 0 Å². The number of nitrogens with one attached hydrogen (secondary N) is 1. The number of aromatic nitrogens is 4. The Morgan fingerprint density at radius 2 is 1.68 bits per heavy atom. The van der Waals surface area contributed by atoms with Gasteiger partial charge in [0.05, 0.1) is 22.5 Å². The second kappa shape index (κ2) is 9.91. The molecule has 0 saturated carbocycles. The van der Waals surface area contributed by atoms with Gasteiger partial charge in [0.1, 0.15) is 11.6 Å². The molecule has 0 fully saturated rings. The molecule has 4 aromatic rings. The van der Waals surface area contributed by atoms with E-state index >= 15 is 0 Å². The lowest BCUT2D eigenvalue weighted by Crippen LogP contribution is -2.38. The van der Waals surface area contributed by atoms with Crippen LogP contribution in [0.25, 0.3) is 16.6 Å². The molecule has 176 valence electrons. The highest BCUT2D eigenvalue weighted by molar-refractivity contribution is 5.84. The highest BCUT2D eigenvalue weighted by atomic mass is 16.2. The standard InChI is InChI=1S/C26H30N6O2/c1-18-24-23(19(2)31(29-24)22-14-9-6-10-15-22)26(34)32(28-18)20(3)25(33)27-16-11-17-30(4)21-12-7-5-8-13-21/h5-10,12-15,20H,11,16-17H2,1-4H3,(H,27,33)/t20-/m0/s1. The third-order valence-electron chi connectivity index (χ3n) is 6.05. The summed E-state index contributed by atoms with van der Waals surface area (Å²) in [6.07, 6.45) is 0.785. The largest absolute Gasteiger partial charge is 0.375 e. The molecule has 1 atom stereocenters. The molecule has 0 aliphatic carbocycles. The highest BCUT2D eigenvalue weighted by Crippen LogP contribution is 2.20. The lowest BCUT2D eigenvalue weighted by molar-refractivity contribution is -0.124. The zero-order valence-corrected chi connectivity index (χ0v) is 20.0. The normalized spacial score (nSPS) is 12.0. The Balaban J connectivity index is 1.48. The zero-order chi connectivity index (χ0) is 24.2. The first-order valence-electron chi connectivity index (χ1n) is 11.5. The van der Waals surface area contributed by atoms with Crippen LogP contribution in [0, 0.1) is 13.8 Å². The average molecular weight is 459 g/mol. The van der Waals surface area contributed by atoms with E-state index in [9.17, 15) is 9.59 Å². The Kier molecular flexibility index (Phi) is 6.77. The van der Waals surface area contributed by atoms with E-state index in [1.165, 1.54) is 4.68 Å². The van der Waals surface area contributed by atoms with Crippen LogP contribution >= 0.6 is 0 Å². The van der Waals surface area contributed by atoms with Crippen LogP contribution in [-0.4, -0.2) is 45.6 Å². The summed E-state index contributed by atoms with van der Waals surface area (Å²) in [4.78, 5) is 28.3. The summed E-state index contributed by atoms with van der Waals surface area (Å²) in [5, 5.41) is 12.5. The molecule has 0 bridgehead atoms. The third-order valence-corrected chi connectivity index (χ3v) is 6.05. The summed E-state index contributed by atoms with van der Waals surface area (Å²) in [5.74, 6) is -0.233. The van der Waals surface area contributed by atoms with Gasteiger partial charge in [-0.2, -0.15) is 10.2 Å². The van der Waals surface area contributed by atoms with Gasteiger partial charge in [-0.15, -0.1) is 0 Å². The van der Waals surface area contributed by atoms with Crippen molar-refractivity contribution in [1.29, 1.82) is 0 Å². The van der Waals surface area contributed by atoms with Crippen LogP contribution in [0.5, 0.6) is 0 Å². The predicted molar refractivity (Wildman–Crippen MR) is 135 cm³/mol. The van der Waals surface area contributed by atoms with Crippen molar-refractivity contribution >= 4 is 22.5 Å². The summed E-state index contributed by atoms with van der Waals surface area (Å²) < 4.78 is 3.02. The molecule has 4 rings (SSSR count). The quantitative estimate of drug-likeness (QED) is 0.409. The van der Waals surface area contributed by atoms with Crippen LogP contribution in [-0.2, 0) is 4.79 Å². The first kappa shape index (κ1) is 23.2. The van der Waals surface area contributed by atoms with Crippen LogP contribution in [0.3, 0.4) is 0 Å². The fourth-order valence-electron chi connectivity index (χ4n) is 4.06. The molecule has 8 nitrogen and oxygen atoms in total. The minimum atomic E-state index is -0.734. The number of carbonyl (C=O) groups is 1. The number of rotatable bonds is 8. The first-order valence-corrected chi connectivity index (χ1v) is 11.5. The number of para-hydroxylation sites is 2. The van der Waals surface area contributed by atoms with E-state index in [4.69, 9.17) is 0 Å². The molecular formula is C26H30N6O2. The molecule has 0 spiro atoms. The topological polar surface area (TPSA) is 85.0 Å². The maximum Gasteiger partial charge on any atom is 0.278 e. The van der Waals surface area contributed by atoms with Crippen molar-refractivity contribution < 1.29 is 4.79 Å². The van der Waals surface area contributed by atoms with Crippen LogP contribution in [0.1, 0.15) is 30.8 Å². The second-order valence-corrected chi connectivity index (χ2v) is 8.47. The van der Waals surface area contributed by atoms with Crippen molar-refractivity contribution in [3.8, 4) is 5.69 Å². The van der Waals surface area contributed by atoms with Gasteiger partial charge in [-0.25, -0.2) is 9.36 Å². The van der Waals surface area contributed by atoms with Crippen LogP contribution in [0.2, 0.25) is 0 Å². The fraction of sp³-hybridized carbons (Fsp3) is 0.308. The Bertz CT molecular complexity index is 1340. The van der Waals surface area contributed by atoms with E-state index in [-0.39, 0.29) is 11.5 Å². The van der Waals surface area contributed by atoms with Crippen molar-refractivity contribution in [2.45, 2.75) is 33.2 Å². The van der Waals surface area contributed by atoms with E-state index in [0.29, 0.717) is 23.1 Å². The lowest BCUT2D eigenvalue weighted by atomic mass is 10.2. The molecule has 1 N–H and O–H groups in total. The number of anilines is 1. The van der Waals surface area contributed by atoms with Crippen LogP contribution in [0.15, 0.2) is 65.5 Å². The first-order chi connectivity index (χ1) is 16.4. The summed E-state index contributed by atoms with van der Waals surface area (Å²) in [6.45, 7) is 6.69. The van der Waals surface area contributed by atoms with E-state index in [1.54, 1.807) is 11.6 Å². The van der Waals surface area contributed by atoms with Gasteiger partial charge in [0.15, 0.2) is 0 Å². The van der Waals surface area contributed by atoms with Crippen LogP contribution in [0.4, 0.5) is 5.69 Å². The number of carbonyl (C=O) groups excluding carboxylic acids is 1. The van der Waals surface area contributed by atoms with Gasteiger partial charge in [-0.05, 0) is 51.5 Å². The number of amides is 1. The number of hydrogen-bond acceptors (Lipinski definition) is 5. The van der Waals surface area contributed by atoms with Crippen LogP contribution < -0.4 is 15.8 Å². The summed E-state index contributed by atoms with van der Waals surface area (Å²) in [6, 6.07) is 19.0. The minimum absolute atomic E-state index is 0.233. The molecule has 0 aliphatic rings. The predicted octanol–water partition coefficient (Wildman–Crippen LogP) is 3.40. The maximum atomic E-state index is 13.3. The smallest absolute Gasteiger partial charge is 0.278 e. The minimum Gasteiger partial charge on any atom is -0.375 e. The molecule has 2 heterocycles. The molecule has 0 radical (unpaired) electrons. The molecule has 8 heteroatoms. The fourth-order valence-corrected chi connectivity index (χ4v) is 4.06. The number of nitrogens with zero attached hydrogens (tertiary/aromatic N) is 5. The number of benzene rings is 2. The summed E-state index contributed by atoms with van der Waals surface area (Å²) >= 11 is 0. The Labute approximate surface area is 198 Å². The summed E-state index contributed by atoms with van der Waals surface area (Å²) in [5.41, 5.74) is 3.57. The van der Waals surface area contributed by atoms with Gasteiger partial charge >= 0.3 is 0 Å². The Hall–Kier alpha value is -3.94. The van der Waals surface area contributed by atoms with Gasteiger partial charge in [-0.1, -0.05) is 36.4 Å². The highest BCUT2D eigenvalue weighted by Gasteiger charge is 2.23. The number of fused-ring (bicyclic) bond motifs is 1. The SMILES string of the molecule is Cc1nn([C@@H](C)C(=O)NCCCN(C)c2ccccc2)c(=O)c2c(C)n(-c3ccccc3)nc12. The Morgan fingerprint density at radius 3 is 2.35 bits per heavy atom. The monoisotopic (exact) mass is 458 g/mol. The molecule has 2 aromatic heterocycles. The Morgan fingerprint density at radius 1 is 1.03 bits per heavy atom. The van der Waals surface area contributed by atoms with Gasteiger partial charge in [0.2, 0.25) is 5.91 Å². The third kappa shape index (κ3) is 4.57. The van der Waals surface area contributed by atoms with Crippen molar-refractivity contribution in [2.75, 3.05) is 25.0 Å². The second-order valence-electron chi connectivity index (χ2n) is 8.47. The van der Waals surface area contributed by atoms with Gasteiger partial charge in [-0.3, -0.25) is 9.59 Å². The molecule has 0 unspecified atom stereocenters. The van der Waals surface area contributed by atoms with Crippen molar-refractivity contribution in [3.05, 3.63) is 82.4 Å². The molecule has 0 aliphatic heterocycles. The van der Waals surface area contributed by atoms with Crippen molar-refractivity contribution in [1.82, 2.24) is 24.9 Å². The number of aryl methyl sites for hydroxylation is 2. The summed E-state index contributed by atoms with van der Waals surface area (Å²) in [7, 11) is 2.03. The van der Waals surface area contributed by atoms with Crippen molar-refractivity contribution in [3.63, 3.8) is 0 Å². The van der Waals surface area contributed by atoms with Gasteiger partial charge in [0.25, 0.3) is 5.56 Å². The average Bonchev–Trinajstić information content (AvgIpc) is 3.22. The van der Waals surface area contributed by atoms with Gasteiger partial charge < -0.3 is 10.2 Å². The maximum absolute atomic E-state index is 13.3. The number of hydrogen-bond donors (Lipinski definition) is 1. The molecule has 1 amide bonds. The molecule has 0 saturated heterocycles. The van der Waals surface area contributed by atoms with E-state index < -0.39 is 6.04 Å².